The number of likely N-dealkylation sites (tertiary alicyclic amines) is 1. The topological polar surface area (TPSA) is 59.1 Å². The van der Waals surface area contributed by atoms with E-state index in [2.05, 4.69) is 0 Å². The third kappa shape index (κ3) is 3.79. The second kappa shape index (κ2) is 7.55. The van der Waals surface area contributed by atoms with E-state index in [1.54, 1.807) is 24.3 Å². The van der Waals surface area contributed by atoms with E-state index in [1.807, 2.05) is 6.07 Å². The van der Waals surface area contributed by atoms with Gasteiger partial charge in [0.2, 0.25) is 0 Å². The Morgan fingerprint density at radius 1 is 1.17 bits per heavy atom. The maximum Gasteiger partial charge on any atom is 0.416 e. The summed E-state index contributed by atoms with van der Waals surface area (Å²) in [6, 6.07) is 11.3. The van der Waals surface area contributed by atoms with Crippen molar-refractivity contribution in [3.8, 4) is 11.5 Å². The fourth-order valence-corrected chi connectivity index (χ4v) is 3.68. The minimum absolute atomic E-state index is 0.0854. The molecule has 6 nitrogen and oxygen atoms in total. The first-order chi connectivity index (χ1) is 14.2. The van der Waals surface area contributed by atoms with Crippen LogP contribution in [0.2, 0.25) is 0 Å². The average Bonchev–Trinajstić information content (AvgIpc) is 3.11. The fraction of sp³-hybridized carbons (Fsp3) is 0.333. The minimum atomic E-state index is -4.56. The number of hydrogen-bond acceptors (Lipinski definition) is 4. The van der Waals surface area contributed by atoms with Crippen LogP contribution < -0.4 is 9.47 Å². The van der Waals surface area contributed by atoms with E-state index in [1.165, 1.54) is 16.8 Å². The molecular weight excluding hydrogens is 401 g/mol. The lowest BCUT2D eigenvalue weighted by Gasteiger charge is -2.25. The van der Waals surface area contributed by atoms with Gasteiger partial charge in [-0.05, 0) is 30.3 Å². The number of nitrogens with zero attached hydrogens (tertiary/aromatic N) is 2. The first-order valence-corrected chi connectivity index (χ1v) is 9.35. The molecule has 4 rings (SSSR count). The van der Waals surface area contributed by atoms with Gasteiger partial charge in [-0.2, -0.15) is 13.2 Å². The number of alkyl halides is 3. The molecule has 1 saturated heterocycles. The lowest BCUT2D eigenvalue weighted by Crippen LogP contribution is -2.44. The maximum absolute atomic E-state index is 13.0. The molecule has 0 bridgehead atoms. The lowest BCUT2D eigenvalue weighted by atomic mass is 10.1. The highest BCUT2D eigenvalue weighted by atomic mass is 19.4. The number of rotatable bonds is 3. The van der Waals surface area contributed by atoms with Gasteiger partial charge in [0, 0.05) is 13.6 Å². The summed E-state index contributed by atoms with van der Waals surface area (Å²) in [5, 5.41) is 0. The molecule has 0 N–H and O–H groups in total. The largest absolute Gasteiger partial charge is 0.486 e. The molecule has 2 aromatic rings. The molecule has 0 unspecified atom stereocenters. The first kappa shape index (κ1) is 20.1. The first-order valence-electron chi connectivity index (χ1n) is 9.35. The van der Waals surface area contributed by atoms with E-state index < -0.39 is 29.8 Å². The van der Waals surface area contributed by atoms with Crippen LogP contribution in [0.3, 0.4) is 0 Å². The quantitative estimate of drug-likeness (QED) is 0.766. The molecule has 2 aliphatic heterocycles. The fourth-order valence-electron chi connectivity index (χ4n) is 3.68. The molecule has 158 valence electrons. The van der Waals surface area contributed by atoms with Crippen LogP contribution in [0, 0.1) is 0 Å². The van der Waals surface area contributed by atoms with Crippen molar-refractivity contribution < 1.29 is 32.2 Å². The Morgan fingerprint density at radius 3 is 2.60 bits per heavy atom. The van der Waals surface area contributed by atoms with Crippen LogP contribution in [-0.4, -0.2) is 60.5 Å². The van der Waals surface area contributed by atoms with Crippen LogP contribution in [0.1, 0.15) is 15.9 Å². The highest BCUT2D eigenvalue weighted by Gasteiger charge is 2.44. The Balaban J connectivity index is 1.49. The molecular formula is C21H19F3N2O4. The van der Waals surface area contributed by atoms with Crippen molar-refractivity contribution in [2.24, 2.45) is 0 Å². The molecule has 2 aliphatic rings. The van der Waals surface area contributed by atoms with Gasteiger partial charge in [0.15, 0.2) is 6.61 Å². The zero-order chi connectivity index (χ0) is 21.5. The van der Waals surface area contributed by atoms with Crippen LogP contribution >= 0.6 is 0 Å². The smallest absolute Gasteiger partial charge is 0.416 e. The summed E-state index contributed by atoms with van der Waals surface area (Å²) in [6.45, 7) is 0.260. The third-order valence-electron chi connectivity index (χ3n) is 5.33. The van der Waals surface area contributed by atoms with Crippen LogP contribution in [0.4, 0.5) is 13.2 Å². The molecule has 2 atom stereocenters. The zero-order valence-electron chi connectivity index (χ0n) is 16.1. The summed E-state index contributed by atoms with van der Waals surface area (Å²) in [5.74, 6) is -0.179. The number of likely N-dealkylation sites (N-methyl/N-ethyl adjacent to an activating group) is 1. The molecule has 0 saturated carbocycles. The van der Waals surface area contributed by atoms with Gasteiger partial charge in [-0.15, -0.1) is 0 Å². The maximum atomic E-state index is 13.0. The third-order valence-corrected chi connectivity index (χ3v) is 5.33. The van der Waals surface area contributed by atoms with Gasteiger partial charge >= 0.3 is 6.18 Å². The van der Waals surface area contributed by atoms with Crippen LogP contribution in [0.25, 0.3) is 0 Å². The summed E-state index contributed by atoms with van der Waals surface area (Å²) < 4.78 is 50.4. The SMILES string of the molecule is CN1C(=O)c2cc(C(F)(F)F)ccc2O[C@H]2CN(C(=O)COc3ccccc3)C[C@H]21. The van der Waals surface area contributed by atoms with Crippen LogP contribution in [-0.2, 0) is 11.0 Å². The second-order valence-corrected chi connectivity index (χ2v) is 7.25. The van der Waals surface area contributed by atoms with Crippen LogP contribution in [0.5, 0.6) is 11.5 Å². The van der Waals surface area contributed by atoms with E-state index >= 15 is 0 Å². The van der Waals surface area contributed by atoms with Crippen molar-refractivity contribution in [1.29, 1.82) is 0 Å². The number of carbonyl (C=O) groups excluding carboxylic acids is 2. The molecule has 0 aromatic heterocycles. The highest BCUT2D eigenvalue weighted by Crippen LogP contribution is 2.36. The van der Waals surface area contributed by atoms with Gasteiger partial charge in [0.05, 0.1) is 23.7 Å². The highest BCUT2D eigenvalue weighted by molar-refractivity contribution is 5.97. The van der Waals surface area contributed by atoms with E-state index in [-0.39, 0.29) is 36.9 Å². The van der Waals surface area contributed by atoms with E-state index in [0.717, 1.165) is 18.2 Å². The molecule has 0 spiro atoms. The number of halogens is 3. The molecule has 2 aromatic carbocycles. The standard InChI is InChI=1S/C21H19F3N2O4/c1-25-16-10-26(19(27)12-29-14-5-3-2-4-6-14)11-18(16)30-17-8-7-13(21(22,23)24)9-15(17)20(25)28/h2-9,16,18H,10-12H2,1H3/t16-,18+/m1/s1. The number of para-hydroxylation sites is 1. The van der Waals surface area contributed by atoms with Gasteiger partial charge in [0.1, 0.15) is 17.6 Å². The molecule has 2 heterocycles. The van der Waals surface area contributed by atoms with Crippen molar-refractivity contribution in [2.75, 3.05) is 26.7 Å². The van der Waals surface area contributed by atoms with Crippen molar-refractivity contribution in [1.82, 2.24) is 9.80 Å². The number of hydrogen-bond donors (Lipinski definition) is 0. The van der Waals surface area contributed by atoms with Gasteiger partial charge in [-0.1, -0.05) is 18.2 Å². The summed E-state index contributed by atoms with van der Waals surface area (Å²) in [6.07, 6.45) is -5.10. The Hall–Kier alpha value is -3.23. The van der Waals surface area contributed by atoms with E-state index in [0.29, 0.717) is 5.75 Å². The van der Waals surface area contributed by atoms with Crippen molar-refractivity contribution in [3.05, 3.63) is 59.7 Å². The second-order valence-electron chi connectivity index (χ2n) is 7.25. The molecule has 2 amide bonds. The van der Waals surface area contributed by atoms with Crippen molar-refractivity contribution in [2.45, 2.75) is 18.3 Å². The van der Waals surface area contributed by atoms with Gasteiger partial charge < -0.3 is 19.3 Å². The normalized spacial score (nSPS) is 20.9. The molecule has 30 heavy (non-hydrogen) atoms. The number of amides is 2. The van der Waals surface area contributed by atoms with Crippen molar-refractivity contribution in [3.63, 3.8) is 0 Å². The van der Waals surface area contributed by atoms with Gasteiger partial charge in [-0.25, -0.2) is 0 Å². The Bertz CT molecular complexity index is 964. The van der Waals surface area contributed by atoms with Crippen LogP contribution in [0.15, 0.2) is 48.5 Å². The number of ether oxygens (including phenoxy) is 2. The Morgan fingerprint density at radius 2 is 1.90 bits per heavy atom. The Labute approximate surface area is 170 Å². The number of fused-ring (bicyclic) bond motifs is 2. The predicted molar refractivity (Wildman–Crippen MR) is 100 cm³/mol. The average molecular weight is 420 g/mol. The summed E-state index contributed by atoms with van der Waals surface area (Å²) in [4.78, 5) is 28.2. The number of carbonyl (C=O) groups is 2. The number of benzene rings is 2. The molecule has 1 fully saturated rings. The monoisotopic (exact) mass is 420 g/mol. The molecule has 9 heteroatoms. The summed E-state index contributed by atoms with van der Waals surface area (Å²) in [7, 11) is 1.51. The summed E-state index contributed by atoms with van der Waals surface area (Å²) >= 11 is 0. The van der Waals surface area contributed by atoms with Crippen molar-refractivity contribution >= 4 is 11.8 Å². The van der Waals surface area contributed by atoms with Gasteiger partial charge in [-0.3, -0.25) is 9.59 Å². The zero-order valence-corrected chi connectivity index (χ0v) is 16.1. The minimum Gasteiger partial charge on any atom is -0.486 e. The predicted octanol–water partition coefficient (Wildman–Crippen LogP) is 2.83. The van der Waals surface area contributed by atoms with E-state index in [9.17, 15) is 22.8 Å². The van der Waals surface area contributed by atoms with Gasteiger partial charge in [0.25, 0.3) is 11.8 Å². The van der Waals surface area contributed by atoms with E-state index in [4.69, 9.17) is 9.47 Å². The molecule has 0 radical (unpaired) electrons. The Kier molecular flexibility index (Phi) is 5.05. The lowest BCUT2D eigenvalue weighted by molar-refractivity contribution is -0.137. The summed E-state index contributed by atoms with van der Waals surface area (Å²) in [5.41, 5.74) is -1.04. The molecule has 0 aliphatic carbocycles.